The van der Waals surface area contributed by atoms with Crippen molar-refractivity contribution in [3.05, 3.63) is 46.7 Å². The summed E-state index contributed by atoms with van der Waals surface area (Å²) < 4.78 is 5.38. The first-order valence-corrected chi connectivity index (χ1v) is 7.51. The van der Waals surface area contributed by atoms with Gasteiger partial charge in [-0.3, -0.25) is 0 Å². The number of nitrogens with zero attached hydrogens (tertiary/aromatic N) is 1. The van der Waals surface area contributed by atoms with Crippen LogP contribution >= 0.6 is 0 Å². The van der Waals surface area contributed by atoms with Crippen molar-refractivity contribution < 1.29 is 9.53 Å². The third kappa shape index (κ3) is 1.69. The van der Waals surface area contributed by atoms with Crippen molar-refractivity contribution in [1.82, 2.24) is 4.90 Å². The minimum atomic E-state index is -0.0870. The Morgan fingerprint density at radius 3 is 3.00 bits per heavy atom. The average molecular weight is 269 g/mol. The molecule has 1 aromatic rings. The molecule has 0 unspecified atom stereocenters. The first-order chi connectivity index (χ1) is 9.74. The van der Waals surface area contributed by atoms with Crippen molar-refractivity contribution in [2.75, 3.05) is 6.54 Å². The van der Waals surface area contributed by atoms with Crippen LogP contribution in [0.2, 0.25) is 0 Å². The molecule has 0 bridgehead atoms. The van der Waals surface area contributed by atoms with E-state index in [-0.39, 0.29) is 12.1 Å². The van der Waals surface area contributed by atoms with E-state index < -0.39 is 0 Å². The molecule has 104 valence electrons. The van der Waals surface area contributed by atoms with E-state index in [9.17, 15) is 4.79 Å². The molecule has 0 amide bonds. The van der Waals surface area contributed by atoms with Crippen molar-refractivity contribution in [3.63, 3.8) is 0 Å². The minimum absolute atomic E-state index is 0.0113. The van der Waals surface area contributed by atoms with E-state index in [1.54, 1.807) is 0 Å². The molecule has 3 aliphatic heterocycles. The molecular formula is C17H19NO2. The van der Waals surface area contributed by atoms with Gasteiger partial charge in [0, 0.05) is 18.7 Å². The highest BCUT2D eigenvalue weighted by Crippen LogP contribution is 2.44. The van der Waals surface area contributed by atoms with Crippen LogP contribution in [0, 0.1) is 0 Å². The highest BCUT2D eigenvalue weighted by molar-refractivity contribution is 5.90. The lowest BCUT2D eigenvalue weighted by Gasteiger charge is -2.46. The highest BCUT2D eigenvalue weighted by Gasteiger charge is 2.38. The van der Waals surface area contributed by atoms with Gasteiger partial charge in [-0.25, -0.2) is 4.79 Å². The molecule has 0 N–H and O–H groups in total. The number of rotatable bonds is 0. The molecular weight excluding hydrogens is 250 g/mol. The molecule has 4 rings (SSSR count). The molecule has 20 heavy (non-hydrogen) atoms. The molecule has 0 saturated carbocycles. The molecule has 3 aliphatic rings. The molecule has 0 radical (unpaired) electrons. The van der Waals surface area contributed by atoms with Crippen LogP contribution in [0.15, 0.2) is 35.5 Å². The maximum atomic E-state index is 12.1. The molecule has 0 aromatic heterocycles. The van der Waals surface area contributed by atoms with Gasteiger partial charge in [0.1, 0.15) is 6.10 Å². The summed E-state index contributed by atoms with van der Waals surface area (Å²) in [5.41, 5.74) is 5.11. The molecule has 1 aromatic carbocycles. The van der Waals surface area contributed by atoms with Gasteiger partial charge in [-0.05, 0) is 37.3 Å². The SMILES string of the molecule is C[C@H]1CC2=C(CC[C@@H]3c4ccccc4CCN23)C(=O)O1. The molecule has 0 saturated heterocycles. The van der Waals surface area contributed by atoms with Gasteiger partial charge in [0.25, 0.3) is 0 Å². The third-order valence-corrected chi connectivity index (χ3v) is 4.81. The largest absolute Gasteiger partial charge is 0.459 e. The van der Waals surface area contributed by atoms with Gasteiger partial charge < -0.3 is 9.64 Å². The van der Waals surface area contributed by atoms with E-state index in [1.807, 2.05) is 6.92 Å². The zero-order valence-corrected chi connectivity index (χ0v) is 11.8. The van der Waals surface area contributed by atoms with E-state index in [4.69, 9.17) is 4.74 Å². The molecule has 3 heteroatoms. The Labute approximate surface area is 119 Å². The maximum absolute atomic E-state index is 12.1. The van der Waals surface area contributed by atoms with Gasteiger partial charge in [-0.1, -0.05) is 24.3 Å². The number of esters is 1. The summed E-state index contributed by atoms with van der Waals surface area (Å²) in [5, 5.41) is 0. The van der Waals surface area contributed by atoms with E-state index in [1.165, 1.54) is 16.8 Å². The molecule has 3 heterocycles. The third-order valence-electron chi connectivity index (χ3n) is 4.81. The average Bonchev–Trinajstić information content (AvgIpc) is 2.46. The van der Waals surface area contributed by atoms with Gasteiger partial charge >= 0.3 is 5.97 Å². The van der Waals surface area contributed by atoms with Crippen LogP contribution < -0.4 is 0 Å². The zero-order chi connectivity index (χ0) is 13.7. The number of hydrogen-bond donors (Lipinski definition) is 0. The zero-order valence-electron chi connectivity index (χ0n) is 11.8. The predicted octanol–water partition coefficient (Wildman–Crippen LogP) is 2.97. The van der Waals surface area contributed by atoms with E-state index in [0.717, 1.165) is 37.8 Å². The summed E-state index contributed by atoms with van der Waals surface area (Å²) in [6.45, 7) is 3.02. The van der Waals surface area contributed by atoms with Gasteiger partial charge in [-0.15, -0.1) is 0 Å². The first-order valence-electron chi connectivity index (χ1n) is 7.51. The monoisotopic (exact) mass is 269 g/mol. The summed E-state index contributed by atoms with van der Waals surface area (Å²) >= 11 is 0. The second kappa shape index (κ2) is 4.37. The van der Waals surface area contributed by atoms with Gasteiger partial charge in [0.05, 0.1) is 11.6 Å². The Hall–Kier alpha value is -1.77. The maximum Gasteiger partial charge on any atom is 0.336 e. The van der Waals surface area contributed by atoms with Gasteiger partial charge in [0.15, 0.2) is 0 Å². The number of carbonyl (C=O) groups excluding carboxylic acids is 1. The number of ether oxygens (including phenoxy) is 1. The Balaban J connectivity index is 1.76. The van der Waals surface area contributed by atoms with E-state index >= 15 is 0 Å². The summed E-state index contributed by atoms with van der Waals surface area (Å²) in [6.07, 6.45) is 3.85. The highest BCUT2D eigenvalue weighted by atomic mass is 16.5. The van der Waals surface area contributed by atoms with Crippen LogP contribution in [0.1, 0.15) is 43.4 Å². The molecule has 2 atom stereocenters. The normalized spacial score (nSPS) is 28.4. The summed E-state index contributed by atoms with van der Waals surface area (Å²) in [6, 6.07) is 9.21. The Kier molecular flexibility index (Phi) is 2.62. The van der Waals surface area contributed by atoms with E-state index in [2.05, 4.69) is 29.2 Å². The van der Waals surface area contributed by atoms with Crippen molar-refractivity contribution in [3.8, 4) is 0 Å². The van der Waals surface area contributed by atoms with Crippen LogP contribution in [0.3, 0.4) is 0 Å². The molecule has 0 spiro atoms. The summed E-state index contributed by atoms with van der Waals surface area (Å²) in [4.78, 5) is 14.5. The fourth-order valence-electron chi connectivity index (χ4n) is 3.91. The number of carbonyl (C=O) groups is 1. The van der Waals surface area contributed by atoms with Gasteiger partial charge in [-0.2, -0.15) is 0 Å². The lowest BCUT2D eigenvalue weighted by Crippen LogP contribution is -2.42. The Morgan fingerprint density at radius 1 is 1.25 bits per heavy atom. The number of hydrogen-bond acceptors (Lipinski definition) is 3. The van der Waals surface area contributed by atoms with Crippen LogP contribution in [0.5, 0.6) is 0 Å². The number of cyclic esters (lactones) is 1. The fraction of sp³-hybridized carbons (Fsp3) is 0.471. The summed E-state index contributed by atoms with van der Waals surface area (Å²) in [7, 11) is 0. The van der Waals surface area contributed by atoms with Gasteiger partial charge in [0.2, 0.25) is 0 Å². The Bertz CT molecular complexity index is 605. The first kappa shape index (κ1) is 12.0. The fourth-order valence-corrected chi connectivity index (χ4v) is 3.91. The topological polar surface area (TPSA) is 29.5 Å². The van der Waals surface area contributed by atoms with Crippen molar-refractivity contribution in [2.24, 2.45) is 0 Å². The Morgan fingerprint density at radius 2 is 2.10 bits per heavy atom. The standard InChI is InChI=1S/C17H19NO2/c1-11-10-16-14(17(19)20-11)6-7-15-13-5-3-2-4-12(13)8-9-18(15)16/h2-5,11,15H,6-10H2,1H3/t11-,15+/m0/s1. The van der Waals surface area contributed by atoms with Crippen LogP contribution in [-0.4, -0.2) is 23.5 Å². The second-order valence-corrected chi connectivity index (χ2v) is 6.04. The molecule has 0 fully saturated rings. The lowest BCUT2D eigenvalue weighted by atomic mass is 9.83. The quantitative estimate of drug-likeness (QED) is 0.678. The predicted molar refractivity (Wildman–Crippen MR) is 76.0 cm³/mol. The second-order valence-electron chi connectivity index (χ2n) is 6.04. The van der Waals surface area contributed by atoms with E-state index in [0.29, 0.717) is 6.04 Å². The van der Waals surface area contributed by atoms with Crippen LogP contribution in [-0.2, 0) is 16.0 Å². The summed E-state index contributed by atoms with van der Waals surface area (Å²) in [5.74, 6) is -0.0870. The number of benzene rings is 1. The van der Waals surface area contributed by atoms with Crippen LogP contribution in [0.4, 0.5) is 0 Å². The molecule has 3 nitrogen and oxygen atoms in total. The van der Waals surface area contributed by atoms with Crippen molar-refractivity contribution >= 4 is 5.97 Å². The minimum Gasteiger partial charge on any atom is -0.459 e. The van der Waals surface area contributed by atoms with Crippen molar-refractivity contribution in [1.29, 1.82) is 0 Å². The molecule has 0 aliphatic carbocycles. The van der Waals surface area contributed by atoms with Crippen LogP contribution in [0.25, 0.3) is 0 Å². The number of fused-ring (bicyclic) bond motifs is 4. The van der Waals surface area contributed by atoms with Crippen molar-refractivity contribution in [2.45, 2.75) is 44.8 Å². The smallest absolute Gasteiger partial charge is 0.336 e. The lowest BCUT2D eigenvalue weighted by molar-refractivity contribution is -0.146.